The van der Waals surface area contributed by atoms with Crippen LogP contribution in [-0.4, -0.2) is 119 Å². The zero-order valence-electron chi connectivity index (χ0n) is 38.8. The van der Waals surface area contributed by atoms with Crippen molar-refractivity contribution < 1.29 is 33.6 Å². The summed E-state index contributed by atoms with van der Waals surface area (Å²) < 4.78 is 0. The number of aliphatic imine (C=N–C) groups is 2. The van der Waals surface area contributed by atoms with Gasteiger partial charge in [0.05, 0.1) is 6.04 Å². The summed E-state index contributed by atoms with van der Waals surface area (Å²) in [5.41, 5.74) is 36.2. The maximum absolute atomic E-state index is 14.2. The molecule has 368 valence electrons. The molecule has 0 saturated carbocycles. The molecule has 7 amide bonds. The maximum atomic E-state index is 14.2. The molecule has 0 aliphatic heterocycles. The van der Waals surface area contributed by atoms with Crippen LogP contribution in [0.1, 0.15) is 64.5 Å². The Morgan fingerprint density at radius 1 is 0.529 bits per heavy atom. The van der Waals surface area contributed by atoms with Crippen molar-refractivity contribution in [1.82, 2.24) is 41.9 Å². The number of carbonyl (C=O) groups is 7. The number of fused-ring (bicyclic) bond motifs is 2. The summed E-state index contributed by atoms with van der Waals surface area (Å²) >= 11 is 0. The van der Waals surface area contributed by atoms with Gasteiger partial charge in [0.1, 0.15) is 36.3 Å². The van der Waals surface area contributed by atoms with E-state index in [1.807, 2.05) is 48.5 Å². The van der Waals surface area contributed by atoms with Crippen LogP contribution in [0.25, 0.3) is 21.8 Å². The molecule has 0 bridgehead atoms. The second-order valence-corrected chi connectivity index (χ2v) is 16.9. The number of H-pyrrole nitrogens is 2. The Bertz CT molecular complexity index is 2460. The molecule has 68 heavy (non-hydrogen) atoms. The molecule has 0 aliphatic rings. The molecular weight excluding hydrogens is 877 g/mol. The van der Waals surface area contributed by atoms with Gasteiger partial charge in [-0.1, -0.05) is 50.2 Å². The number of guanidine groups is 2. The van der Waals surface area contributed by atoms with E-state index in [-0.39, 0.29) is 50.7 Å². The number of hydrogen-bond donors (Lipinski definition) is 14. The highest BCUT2D eigenvalue weighted by molar-refractivity contribution is 5.98. The molecule has 2 aromatic carbocycles. The van der Waals surface area contributed by atoms with Gasteiger partial charge in [0, 0.05) is 60.1 Å². The van der Waals surface area contributed by atoms with Gasteiger partial charge < -0.3 is 76.3 Å². The smallest absolute Gasteiger partial charge is 0.243 e. The third-order valence-corrected chi connectivity index (χ3v) is 11.1. The highest BCUT2D eigenvalue weighted by Gasteiger charge is 2.34. The topological polar surface area (TPSA) is 404 Å². The number of aromatic amines is 2. The standard InChI is InChI=1S/C45H66N16O7/c1-23(2)36(61-42(67)35(20-27-22-55-32-15-8-6-12-29(27)32)60-38(63)24(3)56-40(65)30(46)13-9-17-52-44(48)49)43(68)57-25(4)39(64)59-34(19-26-21-54-31-14-7-5-11-28(26)31)41(66)58-33(37(47)62)16-10-18-53-45(50)51/h5-8,11-12,14-15,21-25,30,33-36,54-55H,9-10,13,16-20,46H2,1-4H3,(H2,47,62)(H,56,65)(H,57,68)(H,58,66)(H,59,64)(H,60,63)(H,61,67)(H4,48,49,52)(H4,50,51,53)/t24-,25-,30-,33-,34-,35-,36-/m0/s1. The van der Waals surface area contributed by atoms with Gasteiger partial charge in [0.15, 0.2) is 11.9 Å². The van der Waals surface area contributed by atoms with E-state index in [1.165, 1.54) is 13.8 Å². The highest BCUT2D eigenvalue weighted by atomic mass is 16.2. The quantitative estimate of drug-likeness (QED) is 0.0184. The van der Waals surface area contributed by atoms with Gasteiger partial charge in [-0.05, 0) is 68.7 Å². The average Bonchev–Trinajstić information content (AvgIpc) is 3.90. The number of nitrogens with two attached hydrogens (primary N) is 6. The van der Waals surface area contributed by atoms with Crippen LogP contribution in [0.15, 0.2) is 70.9 Å². The van der Waals surface area contributed by atoms with Crippen LogP contribution in [0.2, 0.25) is 0 Å². The summed E-state index contributed by atoms with van der Waals surface area (Å²) in [6.45, 7) is 6.69. The molecule has 0 fully saturated rings. The summed E-state index contributed by atoms with van der Waals surface area (Å²) in [5, 5.41) is 17.6. The first-order chi connectivity index (χ1) is 32.2. The highest BCUT2D eigenvalue weighted by Crippen LogP contribution is 2.21. The van der Waals surface area contributed by atoms with E-state index >= 15 is 0 Å². The van der Waals surface area contributed by atoms with Crippen molar-refractivity contribution in [2.45, 2.75) is 109 Å². The van der Waals surface area contributed by atoms with Gasteiger partial charge in [-0.2, -0.15) is 0 Å². The Morgan fingerprint density at radius 2 is 0.956 bits per heavy atom. The van der Waals surface area contributed by atoms with Crippen LogP contribution >= 0.6 is 0 Å². The molecule has 2 heterocycles. The Hall–Kier alpha value is -7.69. The lowest BCUT2D eigenvalue weighted by molar-refractivity contribution is -0.135. The molecule has 23 heteroatoms. The van der Waals surface area contributed by atoms with Crippen LogP contribution in [0.3, 0.4) is 0 Å². The minimum atomic E-state index is -1.25. The number of primary amides is 1. The van der Waals surface area contributed by atoms with Crippen molar-refractivity contribution in [2.75, 3.05) is 13.1 Å². The van der Waals surface area contributed by atoms with Gasteiger partial charge in [-0.3, -0.25) is 43.5 Å². The number of aromatic nitrogens is 2. The number of nitrogens with zero attached hydrogens (tertiary/aromatic N) is 2. The molecule has 0 aliphatic carbocycles. The van der Waals surface area contributed by atoms with Gasteiger partial charge in [-0.15, -0.1) is 0 Å². The Morgan fingerprint density at radius 3 is 1.41 bits per heavy atom. The van der Waals surface area contributed by atoms with Gasteiger partial charge in [-0.25, -0.2) is 0 Å². The summed E-state index contributed by atoms with van der Waals surface area (Å²) in [7, 11) is 0. The molecule has 2 aromatic heterocycles. The number of hydrogen-bond acceptors (Lipinski definition) is 10. The lowest BCUT2D eigenvalue weighted by Crippen LogP contribution is -2.60. The second kappa shape index (κ2) is 25.3. The summed E-state index contributed by atoms with van der Waals surface area (Å²) in [4.78, 5) is 109. The molecule has 4 aromatic rings. The fourth-order valence-corrected chi connectivity index (χ4v) is 7.31. The zero-order chi connectivity index (χ0) is 50.1. The number of carbonyl (C=O) groups excluding carboxylic acids is 7. The Labute approximate surface area is 393 Å². The molecule has 23 nitrogen and oxygen atoms in total. The van der Waals surface area contributed by atoms with E-state index in [0.29, 0.717) is 24.0 Å². The zero-order valence-corrected chi connectivity index (χ0v) is 38.8. The summed E-state index contributed by atoms with van der Waals surface area (Å²) in [6.07, 6.45) is 4.49. The second-order valence-electron chi connectivity index (χ2n) is 16.9. The van der Waals surface area contributed by atoms with E-state index in [9.17, 15) is 33.6 Å². The van der Waals surface area contributed by atoms with Crippen molar-refractivity contribution in [2.24, 2.45) is 50.3 Å². The van der Waals surface area contributed by atoms with Gasteiger partial charge >= 0.3 is 0 Å². The predicted molar refractivity (Wildman–Crippen MR) is 259 cm³/mol. The molecule has 0 saturated heterocycles. The number of amides is 7. The molecular formula is C45H66N16O7. The predicted octanol–water partition coefficient (Wildman–Crippen LogP) is -2.04. The molecule has 20 N–H and O–H groups in total. The fraction of sp³-hybridized carbons (Fsp3) is 0.444. The number of benzene rings is 2. The van der Waals surface area contributed by atoms with E-state index in [4.69, 9.17) is 34.4 Å². The first kappa shape index (κ1) is 52.9. The lowest BCUT2D eigenvalue weighted by Gasteiger charge is -2.28. The van der Waals surface area contributed by atoms with Crippen molar-refractivity contribution in [3.63, 3.8) is 0 Å². The Kier molecular flexibility index (Phi) is 19.7. The number of nitrogens with one attached hydrogen (secondary N) is 8. The number of para-hydroxylation sites is 2. The monoisotopic (exact) mass is 943 g/mol. The molecule has 4 rings (SSSR count). The molecule has 0 unspecified atom stereocenters. The first-order valence-electron chi connectivity index (χ1n) is 22.3. The molecule has 0 radical (unpaired) electrons. The number of rotatable bonds is 26. The molecule has 7 atom stereocenters. The first-order valence-corrected chi connectivity index (χ1v) is 22.3. The summed E-state index contributed by atoms with van der Waals surface area (Å²) in [6, 6.07) is 6.62. The Balaban J connectivity index is 1.49. The van der Waals surface area contributed by atoms with E-state index in [2.05, 4.69) is 51.9 Å². The van der Waals surface area contributed by atoms with Crippen LogP contribution in [0.5, 0.6) is 0 Å². The van der Waals surface area contributed by atoms with Crippen molar-refractivity contribution in [3.05, 3.63) is 72.1 Å². The van der Waals surface area contributed by atoms with Crippen LogP contribution in [0, 0.1) is 5.92 Å². The molecule has 0 spiro atoms. The largest absolute Gasteiger partial charge is 0.370 e. The third kappa shape index (κ3) is 15.7. The average molecular weight is 943 g/mol. The van der Waals surface area contributed by atoms with E-state index < -0.39 is 89.6 Å². The van der Waals surface area contributed by atoms with Crippen LogP contribution in [-0.2, 0) is 46.4 Å². The van der Waals surface area contributed by atoms with E-state index in [0.717, 1.165) is 21.8 Å². The maximum Gasteiger partial charge on any atom is 0.243 e. The van der Waals surface area contributed by atoms with Crippen LogP contribution < -0.4 is 66.3 Å². The lowest BCUT2D eigenvalue weighted by atomic mass is 10.00. The third-order valence-electron chi connectivity index (χ3n) is 11.1. The van der Waals surface area contributed by atoms with Crippen molar-refractivity contribution >= 4 is 75.1 Å². The normalized spacial score (nSPS) is 14.3. The van der Waals surface area contributed by atoms with Gasteiger partial charge in [0.25, 0.3) is 0 Å². The minimum absolute atomic E-state index is 0.00819. The summed E-state index contributed by atoms with van der Waals surface area (Å²) in [5.74, 6) is -5.74. The van der Waals surface area contributed by atoms with Crippen molar-refractivity contribution in [3.8, 4) is 0 Å². The fourth-order valence-electron chi connectivity index (χ4n) is 7.31. The van der Waals surface area contributed by atoms with Crippen LogP contribution in [0.4, 0.5) is 0 Å². The minimum Gasteiger partial charge on any atom is -0.370 e. The SMILES string of the molecule is CC(C)[C@H](NC(=O)[C@H](Cc1c[nH]c2ccccc12)NC(=O)[C@H](C)NC(=O)[C@@H](N)CCCN=C(N)N)C(=O)N[C@@H](C)C(=O)N[C@@H](Cc1c[nH]c2ccccc12)C(=O)N[C@@H](CCCN=C(N)N)C(N)=O. The van der Waals surface area contributed by atoms with Crippen molar-refractivity contribution in [1.29, 1.82) is 0 Å². The van der Waals surface area contributed by atoms with E-state index in [1.54, 1.807) is 26.2 Å². The van der Waals surface area contributed by atoms with Gasteiger partial charge in [0.2, 0.25) is 41.4 Å².